The van der Waals surface area contributed by atoms with E-state index in [2.05, 4.69) is 65.5 Å². The standard InChI is InChI=1S/C50H75FN8O2/c1-12-16-17-22-50(9,28-36(51)14-3)31-61-43(19-13-2)57-48(59-24-18-23-55-37(30-59)27-42(54)49(60)58(10)11)45-33(7)25-39(47(38(45)15-4)56-32(5)6)46-40(29-52)41(53)26-34(8)44(46)35-20-21-35/h15,19,25-27,29,32,35-36,52H,12-14,16-18,20-24,28,30-31,53-54H2,1-11H3/b38-15-,42-27-,43-19-,52-29?,56-47?,57-48+. The molecule has 1 aromatic carbocycles. The number of allylic oxidation sites excluding steroid dienone is 5. The second kappa shape index (κ2) is 22.3. The number of anilines is 1. The summed E-state index contributed by atoms with van der Waals surface area (Å²) in [6.07, 6.45) is 17.0. The zero-order valence-corrected chi connectivity index (χ0v) is 39.2. The molecule has 0 bridgehead atoms. The molecule has 0 aromatic heterocycles. The molecule has 1 aromatic rings. The molecule has 0 radical (unpaired) electrons. The maximum atomic E-state index is 15.1. The monoisotopic (exact) mass is 839 g/mol. The van der Waals surface area contributed by atoms with E-state index in [-0.39, 0.29) is 23.1 Å². The van der Waals surface area contributed by atoms with E-state index in [1.54, 1.807) is 20.2 Å². The number of nitrogens with zero attached hydrogens (tertiary/aromatic N) is 5. The number of nitrogens with two attached hydrogens (primary N) is 2. The van der Waals surface area contributed by atoms with Crippen LogP contribution in [0.15, 0.2) is 73.6 Å². The van der Waals surface area contributed by atoms with Gasteiger partial charge in [0.15, 0.2) is 0 Å². The molecule has 2 aliphatic carbocycles. The fourth-order valence-corrected chi connectivity index (χ4v) is 8.46. The van der Waals surface area contributed by atoms with E-state index in [1.165, 1.54) is 16.7 Å². The van der Waals surface area contributed by atoms with Gasteiger partial charge in [0, 0.05) is 72.8 Å². The van der Waals surface area contributed by atoms with Crippen molar-refractivity contribution < 1.29 is 13.9 Å². The second-order valence-electron chi connectivity index (χ2n) is 17.9. The lowest BCUT2D eigenvalue weighted by Gasteiger charge is -2.33. The molecule has 0 saturated heterocycles. The largest absolute Gasteiger partial charge is 0.477 e. The molecule has 3 aliphatic rings. The zero-order valence-electron chi connectivity index (χ0n) is 39.2. The van der Waals surface area contributed by atoms with Gasteiger partial charge in [-0.1, -0.05) is 53.0 Å². The molecule has 1 aliphatic heterocycles. The molecule has 4 rings (SSSR count). The number of carbonyl (C=O) groups excluding carboxylic acids is 1. The number of nitrogen functional groups attached to an aromatic ring is 1. The van der Waals surface area contributed by atoms with Crippen LogP contribution in [-0.4, -0.2) is 91.7 Å². The Kier molecular flexibility index (Phi) is 17.9. The van der Waals surface area contributed by atoms with Crippen LogP contribution in [-0.2, 0) is 9.53 Å². The molecular formula is C50H75FN8O2. The quantitative estimate of drug-likeness (QED) is 0.0317. The maximum absolute atomic E-state index is 15.1. The molecular weight excluding hydrogens is 764 g/mol. The molecule has 2 unspecified atom stereocenters. The molecule has 2 atom stereocenters. The van der Waals surface area contributed by atoms with Gasteiger partial charge in [0.2, 0.25) is 5.88 Å². The van der Waals surface area contributed by atoms with E-state index >= 15 is 4.39 Å². The summed E-state index contributed by atoms with van der Waals surface area (Å²) in [5, 5.41) is 8.59. The number of halogens is 1. The highest BCUT2D eigenvalue weighted by atomic mass is 19.1. The average molecular weight is 839 g/mol. The summed E-state index contributed by atoms with van der Waals surface area (Å²) in [5.74, 6) is 1.29. The number of carbonyl (C=O) groups is 1. The summed E-state index contributed by atoms with van der Waals surface area (Å²) >= 11 is 0. The van der Waals surface area contributed by atoms with Gasteiger partial charge in [-0.05, 0) is 132 Å². The van der Waals surface area contributed by atoms with E-state index in [0.29, 0.717) is 80.1 Å². The molecule has 11 heteroatoms. The minimum Gasteiger partial charge on any atom is -0.477 e. The highest BCUT2D eigenvalue weighted by Crippen LogP contribution is 2.49. The molecule has 1 fully saturated rings. The highest BCUT2D eigenvalue weighted by molar-refractivity contribution is 6.39. The van der Waals surface area contributed by atoms with E-state index in [1.807, 2.05) is 26.0 Å². The lowest BCUT2D eigenvalue weighted by Crippen LogP contribution is -2.39. The van der Waals surface area contributed by atoms with E-state index in [4.69, 9.17) is 36.6 Å². The first-order valence-electron chi connectivity index (χ1n) is 22.7. The topological polar surface area (TPSA) is 146 Å². The van der Waals surface area contributed by atoms with Crippen molar-refractivity contribution in [2.24, 2.45) is 26.1 Å². The SMILES string of the molecule is C/C=C1\C(=NC(C)C)C(c2c(C=N)c(N)cc(C)c2C2CC2)=CC(C)=C1/C(=N\C(=C\CC)OCC(C)(CCCCC)CC(F)CC)N1CCCN=C(/C=C(\N)C(=O)N(C)C)C1. The van der Waals surface area contributed by atoms with Crippen molar-refractivity contribution >= 4 is 40.6 Å². The number of ether oxygens (including phenoxy) is 1. The van der Waals surface area contributed by atoms with Gasteiger partial charge in [-0.3, -0.25) is 14.8 Å². The van der Waals surface area contributed by atoms with Crippen LogP contribution in [0.25, 0.3) is 5.57 Å². The van der Waals surface area contributed by atoms with Gasteiger partial charge < -0.3 is 31.4 Å². The van der Waals surface area contributed by atoms with Crippen molar-refractivity contribution in [3.63, 3.8) is 0 Å². The fourth-order valence-electron chi connectivity index (χ4n) is 8.46. The Morgan fingerprint density at radius 1 is 1.20 bits per heavy atom. The normalized spacial score (nSPS) is 19.8. The maximum Gasteiger partial charge on any atom is 0.269 e. The predicted molar refractivity (Wildman–Crippen MR) is 256 cm³/mol. The second-order valence-corrected chi connectivity index (χ2v) is 17.9. The number of hydrogen-bond acceptors (Lipinski definition) is 8. The van der Waals surface area contributed by atoms with Crippen molar-refractivity contribution in [3.8, 4) is 0 Å². The molecule has 1 saturated carbocycles. The van der Waals surface area contributed by atoms with Gasteiger partial charge in [0.1, 0.15) is 12.0 Å². The number of benzene rings is 1. The summed E-state index contributed by atoms with van der Waals surface area (Å²) in [4.78, 5) is 32.3. The minimum atomic E-state index is -0.910. The Bertz CT molecular complexity index is 2010. The third kappa shape index (κ3) is 12.6. The number of likely N-dealkylation sites (N-methyl/N-ethyl adjacent to an activating group) is 1. The molecule has 1 heterocycles. The Morgan fingerprint density at radius 2 is 1.92 bits per heavy atom. The number of nitrogens with one attached hydrogen (secondary N) is 1. The van der Waals surface area contributed by atoms with E-state index < -0.39 is 6.17 Å². The number of rotatable bonds is 19. The number of alkyl halides is 1. The fraction of sp³-hybridized carbons (Fsp3) is 0.580. The highest BCUT2D eigenvalue weighted by Gasteiger charge is 2.36. The number of aliphatic imine (C=N–C) groups is 3. The van der Waals surface area contributed by atoms with E-state index in [0.717, 1.165) is 84.1 Å². The van der Waals surface area contributed by atoms with Gasteiger partial charge in [-0.2, -0.15) is 4.99 Å². The minimum absolute atomic E-state index is 0.0469. The van der Waals surface area contributed by atoms with Crippen LogP contribution < -0.4 is 11.5 Å². The number of unbranched alkanes of at least 4 members (excludes halogenated alkanes) is 2. The predicted octanol–water partition coefficient (Wildman–Crippen LogP) is 10.4. The first-order chi connectivity index (χ1) is 29.0. The molecule has 61 heavy (non-hydrogen) atoms. The first-order valence-corrected chi connectivity index (χ1v) is 22.7. The average Bonchev–Trinajstić information content (AvgIpc) is 4.07. The van der Waals surface area contributed by atoms with Crippen LogP contribution in [0.2, 0.25) is 0 Å². The molecule has 10 nitrogen and oxygen atoms in total. The summed E-state index contributed by atoms with van der Waals surface area (Å²) in [7, 11) is 3.36. The van der Waals surface area contributed by atoms with Crippen LogP contribution in [0, 0.1) is 17.7 Å². The summed E-state index contributed by atoms with van der Waals surface area (Å²) < 4.78 is 21.9. The summed E-state index contributed by atoms with van der Waals surface area (Å²) in [6, 6.07) is 1.96. The third-order valence-corrected chi connectivity index (χ3v) is 11.7. The Labute approximate surface area is 366 Å². The van der Waals surface area contributed by atoms with Crippen LogP contribution in [0.3, 0.4) is 0 Å². The Balaban J connectivity index is 2.02. The Morgan fingerprint density at radius 3 is 2.51 bits per heavy atom. The summed E-state index contributed by atoms with van der Waals surface area (Å²) in [5.41, 5.74) is 22.7. The first kappa shape index (κ1) is 48.9. The number of amidine groups is 1. The number of hydrogen-bond donors (Lipinski definition) is 3. The number of aryl methyl sites for hydroxylation is 1. The van der Waals surface area contributed by atoms with Crippen LogP contribution >= 0.6 is 0 Å². The van der Waals surface area contributed by atoms with E-state index in [9.17, 15) is 4.79 Å². The number of amides is 1. The van der Waals surface area contributed by atoms with Crippen molar-refractivity contribution in [1.82, 2.24) is 9.80 Å². The molecule has 0 spiro atoms. The lowest BCUT2D eigenvalue weighted by atomic mass is 9.78. The smallest absolute Gasteiger partial charge is 0.269 e. The van der Waals surface area contributed by atoms with Crippen LogP contribution in [0.1, 0.15) is 148 Å². The van der Waals surface area contributed by atoms with Gasteiger partial charge in [-0.25, -0.2) is 4.39 Å². The Hall–Kier alpha value is -4.80. The summed E-state index contributed by atoms with van der Waals surface area (Å²) in [6.45, 7) is 20.6. The van der Waals surface area contributed by atoms with Gasteiger partial charge in [0.25, 0.3) is 5.91 Å². The van der Waals surface area contributed by atoms with Crippen molar-refractivity contribution in [2.45, 2.75) is 145 Å². The third-order valence-electron chi connectivity index (χ3n) is 11.7. The van der Waals surface area contributed by atoms with Crippen LogP contribution in [0.4, 0.5) is 10.1 Å². The van der Waals surface area contributed by atoms with Crippen LogP contribution in [0.5, 0.6) is 0 Å². The van der Waals surface area contributed by atoms with Crippen molar-refractivity contribution in [1.29, 1.82) is 5.41 Å². The van der Waals surface area contributed by atoms with Gasteiger partial charge >= 0.3 is 0 Å². The van der Waals surface area contributed by atoms with Gasteiger partial charge in [-0.15, -0.1) is 0 Å². The zero-order chi connectivity index (χ0) is 45.0. The molecule has 5 N–H and O–H groups in total. The molecule has 1 amide bonds. The van der Waals surface area contributed by atoms with Crippen molar-refractivity contribution in [3.05, 3.63) is 80.9 Å². The molecule has 334 valence electrons. The van der Waals surface area contributed by atoms with Crippen molar-refractivity contribution in [2.75, 3.05) is 46.1 Å². The lowest BCUT2D eigenvalue weighted by molar-refractivity contribution is -0.124. The van der Waals surface area contributed by atoms with Gasteiger partial charge in [0.05, 0.1) is 30.3 Å².